The average Bonchev–Trinajstić information content (AvgIpc) is 3.06. The number of thiocarbonyl (C=S) groups is 1. The summed E-state index contributed by atoms with van der Waals surface area (Å²) in [5, 5.41) is 26.3. The number of furan rings is 1. The quantitative estimate of drug-likeness (QED) is 0.263. The highest BCUT2D eigenvalue weighted by Crippen LogP contribution is 2.31. The highest BCUT2D eigenvalue weighted by atomic mass is 32.1. The number of rotatable bonds is 4. The molecule has 1 aliphatic heterocycles. The van der Waals surface area contributed by atoms with Gasteiger partial charge in [-0.1, -0.05) is 0 Å². The van der Waals surface area contributed by atoms with Gasteiger partial charge in [0, 0.05) is 17.7 Å². The van der Waals surface area contributed by atoms with Crippen LogP contribution in [-0.2, 0) is 9.59 Å². The maximum atomic E-state index is 11.8. The number of hydrogen-bond acceptors (Lipinski definition) is 8. The van der Waals surface area contributed by atoms with E-state index in [2.05, 4.69) is 22.9 Å². The molecule has 1 aromatic carbocycles. The summed E-state index contributed by atoms with van der Waals surface area (Å²) in [5.74, 6) is -1.26. The summed E-state index contributed by atoms with van der Waals surface area (Å²) in [6.07, 6.45) is 1.15. The van der Waals surface area contributed by atoms with Crippen molar-refractivity contribution in [3.63, 3.8) is 0 Å². The molecule has 0 saturated carbocycles. The molecule has 3 rings (SSSR count). The lowest BCUT2D eigenvalue weighted by molar-refractivity contribution is -0.394. The van der Waals surface area contributed by atoms with Gasteiger partial charge in [-0.2, -0.15) is 0 Å². The molecular weight excluding hydrogens is 380 g/mol. The van der Waals surface area contributed by atoms with Crippen LogP contribution in [0.5, 0.6) is 0 Å². The predicted molar refractivity (Wildman–Crippen MR) is 94.3 cm³/mol. The predicted octanol–water partition coefficient (Wildman–Crippen LogP) is 1.68. The smallest absolute Gasteiger partial charge is 0.277 e. The molecule has 136 valence electrons. The lowest BCUT2D eigenvalue weighted by atomic mass is 10.1. The van der Waals surface area contributed by atoms with Gasteiger partial charge in [0.15, 0.2) is 5.11 Å². The molecule has 12 heteroatoms. The molecule has 27 heavy (non-hydrogen) atoms. The number of non-ortho nitro benzene ring substituents is 2. The first-order valence-corrected chi connectivity index (χ1v) is 7.58. The van der Waals surface area contributed by atoms with E-state index in [4.69, 9.17) is 4.42 Å². The van der Waals surface area contributed by atoms with Crippen LogP contribution in [0, 0.1) is 20.2 Å². The minimum atomic E-state index is -0.762. The van der Waals surface area contributed by atoms with Gasteiger partial charge < -0.3 is 4.42 Å². The number of carbonyl (C=O) groups is 2. The van der Waals surface area contributed by atoms with Crippen molar-refractivity contribution in [3.8, 4) is 11.3 Å². The van der Waals surface area contributed by atoms with E-state index in [0.29, 0.717) is 0 Å². The highest BCUT2D eigenvalue weighted by molar-refractivity contribution is 7.80. The van der Waals surface area contributed by atoms with Gasteiger partial charge in [0.1, 0.15) is 17.1 Å². The summed E-state index contributed by atoms with van der Waals surface area (Å²) in [7, 11) is 0. The van der Waals surface area contributed by atoms with E-state index in [-0.39, 0.29) is 27.8 Å². The van der Waals surface area contributed by atoms with Crippen LogP contribution in [0.4, 0.5) is 11.4 Å². The summed E-state index contributed by atoms with van der Waals surface area (Å²) in [5.41, 5.74) is -1.11. The zero-order valence-corrected chi connectivity index (χ0v) is 13.9. The van der Waals surface area contributed by atoms with Gasteiger partial charge >= 0.3 is 0 Å². The fourth-order valence-corrected chi connectivity index (χ4v) is 2.47. The molecule has 1 saturated heterocycles. The molecule has 0 aliphatic carbocycles. The van der Waals surface area contributed by atoms with Crippen molar-refractivity contribution in [2.75, 3.05) is 0 Å². The van der Waals surface area contributed by atoms with Crippen molar-refractivity contribution in [1.82, 2.24) is 10.6 Å². The van der Waals surface area contributed by atoms with Crippen LogP contribution in [-0.4, -0.2) is 26.8 Å². The van der Waals surface area contributed by atoms with E-state index in [1.807, 2.05) is 0 Å². The molecule has 11 nitrogen and oxygen atoms in total. The summed E-state index contributed by atoms with van der Waals surface area (Å²) >= 11 is 4.69. The van der Waals surface area contributed by atoms with Crippen LogP contribution in [0.15, 0.2) is 40.3 Å². The summed E-state index contributed by atoms with van der Waals surface area (Å²) < 4.78 is 5.45. The second-order valence-corrected chi connectivity index (χ2v) is 5.66. The van der Waals surface area contributed by atoms with Gasteiger partial charge in [-0.25, -0.2) is 0 Å². The van der Waals surface area contributed by atoms with Gasteiger partial charge in [0.2, 0.25) is 0 Å². The van der Waals surface area contributed by atoms with Gasteiger partial charge in [0.25, 0.3) is 23.2 Å². The van der Waals surface area contributed by atoms with E-state index in [0.717, 1.165) is 24.3 Å². The Balaban J connectivity index is 1.99. The second-order valence-electron chi connectivity index (χ2n) is 5.25. The van der Waals surface area contributed by atoms with E-state index in [1.54, 1.807) is 0 Å². The van der Waals surface area contributed by atoms with Gasteiger partial charge in [-0.3, -0.25) is 40.5 Å². The summed E-state index contributed by atoms with van der Waals surface area (Å²) in [6, 6.07) is 5.86. The lowest BCUT2D eigenvalue weighted by Crippen LogP contribution is -2.51. The van der Waals surface area contributed by atoms with Crippen LogP contribution >= 0.6 is 12.2 Å². The first kappa shape index (κ1) is 17.9. The number of nitro groups is 2. The molecule has 2 heterocycles. The number of benzene rings is 1. The first-order valence-electron chi connectivity index (χ1n) is 7.17. The fraction of sp³-hybridized carbons (Fsp3) is 0. The number of nitrogens with zero attached hydrogens (tertiary/aromatic N) is 2. The molecule has 0 radical (unpaired) electrons. The number of hydrogen-bond donors (Lipinski definition) is 2. The number of carbonyl (C=O) groups excluding carboxylic acids is 2. The lowest BCUT2D eigenvalue weighted by Gasteiger charge is -2.15. The van der Waals surface area contributed by atoms with Crippen molar-refractivity contribution in [2.45, 2.75) is 0 Å². The molecule has 0 bridgehead atoms. The van der Waals surface area contributed by atoms with Crippen LogP contribution < -0.4 is 10.6 Å². The third-order valence-corrected chi connectivity index (χ3v) is 3.67. The SMILES string of the molecule is O=C1NC(=S)NC(=O)C1=Cc1ccc(-c2cc([N+](=O)[O-])cc([N+](=O)[O-])c2)o1. The van der Waals surface area contributed by atoms with Crippen molar-refractivity contribution in [3.05, 3.63) is 61.9 Å². The van der Waals surface area contributed by atoms with Crippen LogP contribution in [0.1, 0.15) is 5.76 Å². The third kappa shape index (κ3) is 3.69. The van der Waals surface area contributed by atoms with Gasteiger partial charge in [-0.05, 0) is 30.4 Å². The highest BCUT2D eigenvalue weighted by Gasteiger charge is 2.26. The van der Waals surface area contributed by atoms with E-state index >= 15 is 0 Å². The van der Waals surface area contributed by atoms with Crippen LogP contribution in [0.3, 0.4) is 0 Å². The van der Waals surface area contributed by atoms with Crippen molar-refractivity contribution < 1.29 is 23.9 Å². The van der Waals surface area contributed by atoms with Crippen LogP contribution in [0.2, 0.25) is 0 Å². The number of nitro benzene ring substituents is 2. The topological polar surface area (TPSA) is 158 Å². The molecule has 2 aromatic rings. The monoisotopic (exact) mass is 388 g/mol. The normalized spacial score (nSPS) is 13.8. The molecule has 0 atom stereocenters. The Morgan fingerprint density at radius 1 is 0.963 bits per heavy atom. The Bertz CT molecular complexity index is 1000. The standard InChI is InChI=1S/C15H8N4O7S/c20-13-11(14(21)17-15(27)16-13)6-10-1-2-12(26-10)7-3-8(18(22)23)5-9(4-7)19(24)25/h1-6H,(H2,16,17,20,21,27). The van der Waals surface area contributed by atoms with E-state index in [9.17, 15) is 29.8 Å². The Morgan fingerprint density at radius 2 is 1.52 bits per heavy atom. The first-order chi connectivity index (χ1) is 12.7. The fourth-order valence-electron chi connectivity index (χ4n) is 2.28. The second kappa shape index (κ2) is 6.76. The molecule has 2 N–H and O–H groups in total. The molecule has 1 aromatic heterocycles. The molecule has 0 unspecified atom stereocenters. The van der Waals surface area contributed by atoms with Crippen molar-refractivity contribution in [2.24, 2.45) is 0 Å². The van der Waals surface area contributed by atoms with E-state index in [1.165, 1.54) is 12.1 Å². The third-order valence-electron chi connectivity index (χ3n) is 3.47. The summed E-state index contributed by atoms with van der Waals surface area (Å²) in [4.78, 5) is 44.0. The van der Waals surface area contributed by atoms with Crippen LogP contribution in [0.25, 0.3) is 17.4 Å². The molecule has 0 spiro atoms. The number of nitrogens with one attached hydrogen (secondary N) is 2. The maximum Gasteiger partial charge on any atom is 0.277 e. The van der Waals surface area contributed by atoms with Crippen molar-refractivity contribution in [1.29, 1.82) is 0 Å². The summed E-state index contributed by atoms with van der Waals surface area (Å²) in [6.45, 7) is 0. The average molecular weight is 388 g/mol. The van der Waals surface area contributed by atoms with E-state index < -0.39 is 33.0 Å². The number of amides is 2. The Hall–Kier alpha value is -3.93. The zero-order valence-electron chi connectivity index (χ0n) is 13.1. The van der Waals surface area contributed by atoms with Gasteiger partial charge in [-0.15, -0.1) is 0 Å². The Labute approximate surface area is 154 Å². The zero-order chi connectivity index (χ0) is 19.7. The maximum absolute atomic E-state index is 11.8. The largest absolute Gasteiger partial charge is 0.457 e. The Morgan fingerprint density at radius 3 is 2.04 bits per heavy atom. The minimum Gasteiger partial charge on any atom is -0.457 e. The molecule has 2 amide bonds. The van der Waals surface area contributed by atoms with Gasteiger partial charge in [0.05, 0.1) is 15.9 Å². The minimum absolute atomic E-state index is 0.0841. The molecule has 1 aliphatic rings. The molecular formula is C15H8N4O7S. The van der Waals surface area contributed by atoms with Crippen molar-refractivity contribution >= 4 is 46.6 Å². The Kier molecular flexibility index (Phi) is 4.48. The molecule has 1 fully saturated rings.